The topological polar surface area (TPSA) is 47.3 Å². The maximum Gasteiger partial charge on any atom is 0.125 e. The summed E-state index contributed by atoms with van der Waals surface area (Å²) in [4.78, 5) is 0. The van der Waals surface area contributed by atoms with Crippen molar-refractivity contribution >= 4 is 0 Å². The van der Waals surface area contributed by atoms with E-state index in [-0.39, 0.29) is 0 Å². The lowest BCUT2D eigenvalue weighted by atomic mass is 10.1. The number of nitrogens with zero attached hydrogens (tertiary/aromatic N) is 2. The molecule has 0 aliphatic rings. The van der Waals surface area contributed by atoms with Gasteiger partial charge in [-0.05, 0) is 13.0 Å². The molecular formula is C13H16N2O2. The Labute approximate surface area is 100 Å². The standard InChI is InChI=1S/C13H16N2O2/c1-10(16)12-5-3-4-6-13(12)17-9-11-7-14-15(2)8-11/h3-8,10,16H,9H2,1-2H3/t10-/m1/s1. The fourth-order valence-corrected chi connectivity index (χ4v) is 1.66. The van der Waals surface area contributed by atoms with Crippen molar-refractivity contribution in [2.45, 2.75) is 19.6 Å². The summed E-state index contributed by atoms with van der Waals surface area (Å²) in [6.45, 7) is 2.18. The van der Waals surface area contributed by atoms with Gasteiger partial charge in [0.2, 0.25) is 0 Å². The monoisotopic (exact) mass is 232 g/mol. The van der Waals surface area contributed by atoms with Crippen molar-refractivity contribution in [2.24, 2.45) is 7.05 Å². The Balaban J connectivity index is 2.08. The summed E-state index contributed by atoms with van der Waals surface area (Å²) in [6, 6.07) is 7.51. The normalized spacial score (nSPS) is 12.4. The van der Waals surface area contributed by atoms with Crippen LogP contribution >= 0.6 is 0 Å². The number of hydrogen-bond acceptors (Lipinski definition) is 3. The quantitative estimate of drug-likeness (QED) is 0.877. The van der Waals surface area contributed by atoms with Gasteiger partial charge in [-0.2, -0.15) is 5.10 Å². The molecule has 0 aliphatic carbocycles. The largest absolute Gasteiger partial charge is 0.488 e. The van der Waals surface area contributed by atoms with Gasteiger partial charge in [-0.1, -0.05) is 18.2 Å². The van der Waals surface area contributed by atoms with E-state index < -0.39 is 6.10 Å². The summed E-state index contributed by atoms with van der Waals surface area (Å²) >= 11 is 0. The highest BCUT2D eigenvalue weighted by Gasteiger charge is 2.08. The van der Waals surface area contributed by atoms with E-state index in [1.165, 1.54) is 0 Å². The van der Waals surface area contributed by atoms with E-state index in [1.807, 2.05) is 37.5 Å². The highest BCUT2D eigenvalue weighted by Crippen LogP contribution is 2.25. The molecule has 1 aromatic heterocycles. The molecule has 2 rings (SSSR count). The van der Waals surface area contributed by atoms with Gasteiger partial charge in [0.05, 0.1) is 12.3 Å². The maximum absolute atomic E-state index is 9.61. The minimum absolute atomic E-state index is 0.456. The summed E-state index contributed by atoms with van der Waals surface area (Å²) in [5.74, 6) is 0.714. The zero-order valence-electron chi connectivity index (χ0n) is 10.00. The number of aryl methyl sites for hydroxylation is 1. The van der Waals surface area contributed by atoms with Crippen LogP contribution in [0.5, 0.6) is 5.75 Å². The number of ether oxygens (including phenoxy) is 1. The molecule has 0 bridgehead atoms. The Kier molecular flexibility index (Phi) is 3.44. The molecular weight excluding hydrogens is 216 g/mol. The number of para-hydroxylation sites is 1. The molecule has 90 valence electrons. The highest BCUT2D eigenvalue weighted by atomic mass is 16.5. The molecule has 0 saturated heterocycles. The molecule has 0 saturated carbocycles. The third kappa shape index (κ3) is 2.85. The van der Waals surface area contributed by atoms with E-state index in [4.69, 9.17) is 4.74 Å². The van der Waals surface area contributed by atoms with Crippen LogP contribution in [0.3, 0.4) is 0 Å². The third-order valence-corrected chi connectivity index (χ3v) is 2.52. The molecule has 4 nitrogen and oxygen atoms in total. The van der Waals surface area contributed by atoms with E-state index in [9.17, 15) is 5.11 Å². The second-order valence-corrected chi connectivity index (χ2v) is 4.02. The van der Waals surface area contributed by atoms with Crippen LogP contribution in [0, 0.1) is 0 Å². The van der Waals surface area contributed by atoms with E-state index in [1.54, 1.807) is 17.8 Å². The Morgan fingerprint density at radius 1 is 1.41 bits per heavy atom. The molecule has 4 heteroatoms. The van der Waals surface area contributed by atoms with Crippen LogP contribution in [0.4, 0.5) is 0 Å². The van der Waals surface area contributed by atoms with Gasteiger partial charge in [0, 0.05) is 24.4 Å². The van der Waals surface area contributed by atoms with Gasteiger partial charge in [-0.15, -0.1) is 0 Å². The molecule has 0 amide bonds. The number of aliphatic hydroxyl groups is 1. The van der Waals surface area contributed by atoms with Crippen molar-refractivity contribution in [3.63, 3.8) is 0 Å². The summed E-state index contributed by atoms with van der Waals surface area (Å²) in [5, 5.41) is 13.7. The first kappa shape index (κ1) is 11.7. The van der Waals surface area contributed by atoms with Crippen molar-refractivity contribution in [1.29, 1.82) is 0 Å². The number of hydrogen-bond donors (Lipinski definition) is 1. The zero-order valence-corrected chi connectivity index (χ0v) is 10.00. The summed E-state index contributed by atoms with van der Waals surface area (Å²) < 4.78 is 7.42. The molecule has 0 fully saturated rings. The third-order valence-electron chi connectivity index (χ3n) is 2.52. The van der Waals surface area contributed by atoms with E-state index in [2.05, 4.69) is 5.10 Å². The van der Waals surface area contributed by atoms with Crippen molar-refractivity contribution < 1.29 is 9.84 Å². The van der Waals surface area contributed by atoms with E-state index >= 15 is 0 Å². The van der Waals surface area contributed by atoms with Gasteiger partial charge in [0.25, 0.3) is 0 Å². The fraction of sp³-hybridized carbons (Fsp3) is 0.308. The van der Waals surface area contributed by atoms with Crippen molar-refractivity contribution in [3.8, 4) is 5.75 Å². The lowest BCUT2D eigenvalue weighted by Crippen LogP contribution is -2.00. The van der Waals surface area contributed by atoms with Crippen LogP contribution in [-0.2, 0) is 13.7 Å². The maximum atomic E-state index is 9.61. The number of benzene rings is 1. The van der Waals surface area contributed by atoms with Gasteiger partial charge in [0.1, 0.15) is 12.4 Å². The van der Waals surface area contributed by atoms with Gasteiger partial charge in [0.15, 0.2) is 0 Å². The molecule has 1 heterocycles. The molecule has 1 N–H and O–H groups in total. The van der Waals surface area contributed by atoms with Crippen molar-refractivity contribution in [1.82, 2.24) is 9.78 Å². The molecule has 17 heavy (non-hydrogen) atoms. The molecule has 2 aromatic rings. The summed E-state index contributed by atoms with van der Waals surface area (Å²) in [7, 11) is 1.87. The fourth-order valence-electron chi connectivity index (χ4n) is 1.66. The summed E-state index contributed by atoms with van der Waals surface area (Å²) in [5.41, 5.74) is 1.81. The van der Waals surface area contributed by atoms with Crippen molar-refractivity contribution in [3.05, 3.63) is 47.8 Å². The van der Waals surface area contributed by atoms with Gasteiger partial charge < -0.3 is 9.84 Å². The first-order valence-corrected chi connectivity index (χ1v) is 5.54. The SMILES string of the molecule is C[C@@H](O)c1ccccc1OCc1cnn(C)c1. The lowest BCUT2D eigenvalue weighted by molar-refractivity contribution is 0.190. The highest BCUT2D eigenvalue weighted by molar-refractivity contribution is 5.34. The lowest BCUT2D eigenvalue weighted by Gasteiger charge is -2.12. The molecule has 1 aromatic carbocycles. The molecule has 0 radical (unpaired) electrons. The van der Waals surface area contributed by atoms with Crippen LogP contribution in [0.25, 0.3) is 0 Å². The van der Waals surface area contributed by atoms with Gasteiger partial charge in [-0.3, -0.25) is 4.68 Å². The number of aliphatic hydroxyl groups excluding tert-OH is 1. The Bertz CT molecular complexity index is 492. The predicted octanol–water partition coefficient (Wildman–Crippen LogP) is 2.05. The van der Waals surface area contributed by atoms with E-state index in [0.29, 0.717) is 12.4 Å². The van der Waals surface area contributed by atoms with E-state index in [0.717, 1.165) is 11.1 Å². The minimum atomic E-state index is -0.528. The smallest absolute Gasteiger partial charge is 0.125 e. The first-order valence-electron chi connectivity index (χ1n) is 5.54. The van der Waals surface area contributed by atoms with Crippen LogP contribution in [0.15, 0.2) is 36.7 Å². The van der Waals surface area contributed by atoms with Gasteiger partial charge in [-0.25, -0.2) is 0 Å². The Hall–Kier alpha value is -1.81. The molecule has 0 spiro atoms. The average Bonchev–Trinajstić information content (AvgIpc) is 2.73. The van der Waals surface area contributed by atoms with Crippen LogP contribution < -0.4 is 4.74 Å². The van der Waals surface area contributed by atoms with Crippen LogP contribution in [0.2, 0.25) is 0 Å². The molecule has 0 unspecified atom stereocenters. The second kappa shape index (κ2) is 5.01. The number of rotatable bonds is 4. The summed E-state index contributed by atoms with van der Waals surface area (Å²) in [6.07, 6.45) is 3.15. The predicted molar refractivity (Wildman–Crippen MR) is 64.6 cm³/mol. The average molecular weight is 232 g/mol. The minimum Gasteiger partial charge on any atom is -0.488 e. The van der Waals surface area contributed by atoms with Crippen LogP contribution in [0.1, 0.15) is 24.2 Å². The second-order valence-electron chi connectivity index (χ2n) is 4.02. The van der Waals surface area contributed by atoms with Crippen molar-refractivity contribution in [2.75, 3.05) is 0 Å². The molecule has 1 atom stereocenters. The zero-order chi connectivity index (χ0) is 12.3. The molecule has 0 aliphatic heterocycles. The Morgan fingerprint density at radius 2 is 2.18 bits per heavy atom. The first-order chi connectivity index (χ1) is 8.16. The Morgan fingerprint density at radius 3 is 2.82 bits per heavy atom. The number of aromatic nitrogens is 2. The van der Waals surface area contributed by atoms with Crippen LogP contribution in [-0.4, -0.2) is 14.9 Å². The van der Waals surface area contributed by atoms with Gasteiger partial charge >= 0.3 is 0 Å².